The van der Waals surface area contributed by atoms with Crippen LogP contribution in [0.15, 0.2) is 18.2 Å². The van der Waals surface area contributed by atoms with Crippen LogP contribution in [0, 0.1) is 0 Å². The van der Waals surface area contributed by atoms with Crippen molar-refractivity contribution in [2.75, 3.05) is 18.1 Å². The van der Waals surface area contributed by atoms with E-state index in [4.69, 9.17) is 11.6 Å². The van der Waals surface area contributed by atoms with Crippen LogP contribution in [-0.2, 0) is 0 Å². The van der Waals surface area contributed by atoms with E-state index in [0.29, 0.717) is 9.90 Å². The normalized spacial score (nSPS) is 11.5. The highest BCUT2D eigenvalue weighted by Gasteiger charge is 2.24. The van der Waals surface area contributed by atoms with Gasteiger partial charge in [0.2, 0.25) is 0 Å². The molecule has 1 aromatic heterocycles. The molecule has 0 unspecified atom stereocenters. The van der Waals surface area contributed by atoms with Crippen LogP contribution in [-0.4, -0.2) is 22.5 Å². The lowest BCUT2D eigenvalue weighted by Gasteiger charge is -2.30. The summed E-state index contributed by atoms with van der Waals surface area (Å²) >= 11 is 7.76. The number of nitrogens with one attached hydrogen (secondary N) is 1. The van der Waals surface area contributed by atoms with Crippen LogP contribution in [0.3, 0.4) is 0 Å². The van der Waals surface area contributed by atoms with E-state index in [1.54, 1.807) is 6.07 Å². The van der Waals surface area contributed by atoms with Crippen molar-refractivity contribution >= 4 is 29.2 Å². The molecule has 0 saturated heterocycles. The molecule has 0 aliphatic carbocycles. The van der Waals surface area contributed by atoms with E-state index in [2.05, 4.69) is 30.4 Å². The van der Waals surface area contributed by atoms with E-state index in [9.17, 15) is 0 Å². The fraction of sp³-hybridized carbons (Fsp3) is 0.583. The van der Waals surface area contributed by atoms with E-state index in [1.807, 2.05) is 23.9 Å². The van der Waals surface area contributed by atoms with Gasteiger partial charge in [-0.25, -0.2) is 4.98 Å². The van der Waals surface area contributed by atoms with Gasteiger partial charge in [-0.2, -0.15) is 11.8 Å². The summed E-state index contributed by atoms with van der Waals surface area (Å²) in [5, 5.41) is 3.90. The molecular weight excluding hydrogens is 240 g/mol. The first-order valence-corrected chi connectivity index (χ1v) is 7.17. The number of halogens is 1. The molecule has 1 heterocycles. The molecule has 0 aromatic carbocycles. The van der Waals surface area contributed by atoms with E-state index in [1.165, 1.54) is 0 Å². The Morgan fingerprint density at radius 3 is 2.56 bits per heavy atom. The minimum atomic E-state index is 0.296. The number of nitrogens with zero attached hydrogens (tertiary/aromatic N) is 1. The average Bonchev–Trinajstić information content (AvgIpc) is 2.32. The SMILES string of the molecule is CCC(CC)(CNc1cccc(Cl)n1)SC. The Morgan fingerprint density at radius 1 is 1.38 bits per heavy atom. The number of pyridine rings is 1. The van der Waals surface area contributed by atoms with Crippen LogP contribution >= 0.6 is 23.4 Å². The van der Waals surface area contributed by atoms with Gasteiger partial charge in [0.1, 0.15) is 11.0 Å². The van der Waals surface area contributed by atoms with E-state index >= 15 is 0 Å². The molecule has 90 valence electrons. The smallest absolute Gasteiger partial charge is 0.131 e. The first-order chi connectivity index (χ1) is 7.65. The molecule has 0 radical (unpaired) electrons. The number of rotatable bonds is 6. The van der Waals surface area contributed by atoms with Gasteiger partial charge >= 0.3 is 0 Å². The molecule has 0 saturated carbocycles. The maximum absolute atomic E-state index is 5.84. The van der Waals surface area contributed by atoms with Crippen molar-refractivity contribution in [3.05, 3.63) is 23.4 Å². The quantitative estimate of drug-likeness (QED) is 0.779. The summed E-state index contributed by atoms with van der Waals surface area (Å²) in [4.78, 5) is 4.22. The van der Waals surface area contributed by atoms with Crippen LogP contribution in [0.5, 0.6) is 0 Å². The standard InChI is InChI=1S/C12H19ClN2S/c1-4-12(5-2,16-3)9-14-11-8-6-7-10(13)15-11/h6-8H,4-5,9H2,1-3H3,(H,14,15). The molecular formula is C12H19ClN2S. The molecule has 0 aliphatic heterocycles. The third kappa shape index (κ3) is 3.56. The second kappa shape index (κ2) is 6.36. The highest BCUT2D eigenvalue weighted by molar-refractivity contribution is 8.00. The van der Waals surface area contributed by atoms with Crippen LogP contribution in [0.2, 0.25) is 5.15 Å². The van der Waals surface area contributed by atoms with Crippen molar-refractivity contribution in [2.45, 2.75) is 31.4 Å². The highest BCUT2D eigenvalue weighted by atomic mass is 35.5. The minimum Gasteiger partial charge on any atom is -0.369 e. The van der Waals surface area contributed by atoms with Crippen LogP contribution < -0.4 is 5.32 Å². The van der Waals surface area contributed by atoms with Crippen molar-refractivity contribution in [3.63, 3.8) is 0 Å². The Morgan fingerprint density at radius 2 is 2.06 bits per heavy atom. The summed E-state index contributed by atoms with van der Waals surface area (Å²) in [5.41, 5.74) is 0. The molecule has 0 aliphatic rings. The van der Waals surface area contributed by atoms with Crippen molar-refractivity contribution in [1.82, 2.24) is 4.98 Å². The fourth-order valence-corrected chi connectivity index (χ4v) is 2.58. The zero-order valence-corrected chi connectivity index (χ0v) is 11.7. The van der Waals surface area contributed by atoms with Crippen LogP contribution in [0.4, 0.5) is 5.82 Å². The van der Waals surface area contributed by atoms with Crippen LogP contribution in [0.25, 0.3) is 0 Å². The summed E-state index contributed by atoms with van der Waals surface area (Å²) in [6.45, 7) is 5.38. The van der Waals surface area contributed by atoms with Gasteiger partial charge in [-0.15, -0.1) is 0 Å². The first kappa shape index (κ1) is 13.7. The minimum absolute atomic E-state index is 0.296. The molecule has 1 aromatic rings. The molecule has 0 atom stereocenters. The van der Waals surface area contributed by atoms with Gasteiger partial charge in [-0.1, -0.05) is 31.5 Å². The molecule has 0 amide bonds. The average molecular weight is 259 g/mol. The van der Waals surface area contributed by atoms with Gasteiger partial charge in [0.25, 0.3) is 0 Å². The van der Waals surface area contributed by atoms with Gasteiger partial charge in [0, 0.05) is 11.3 Å². The molecule has 4 heteroatoms. The number of hydrogen-bond donors (Lipinski definition) is 1. The topological polar surface area (TPSA) is 24.9 Å². The van der Waals surface area contributed by atoms with Crippen molar-refractivity contribution in [1.29, 1.82) is 0 Å². The Bertz CT molecular complexity index is 318. The van der Waals surface area contributed by atoms with Gasteiger partial charge in [0.05, 0.1) is 0 Å². The molecule has 1 N–H and O–H groups in total. The van der Waals surface area contributed by atoms with E-state index < -0.39 is 0 Å². The predicted octanol–water partition coefficient (Wildman–Crippen LogP) is 4.07. The van der Waals surface area contributed by atoms with Crippen molar-refractivity contribution in [3.8, 4) is 0 Å². The zero-order chi connectivity index (χ0) is 12.0. The molecule has 0 fully saturated rings. The lowest BCUT2D eigenvalue weighted by Crippen LogP contribution is -2.32. The molecule has 0 spiro atoms. The Labute approximate surface area is 107 Å². The Kier molecular flexibility index (Phi) is 5.42. The van der Waals surface area contributed by atoms with Crippen molar-refractivity contribution < 1.29 is 0 Å². The number of aromatic nitrogens is 1. The number of thioether (sulfide) groups is 1. The summed E-state index contributed by atoms with van der Waals surface area (Å²) in [6.07, 6.45) is 4.47. The molecule has 0 bridgehead atoms. The summed E-state index contributed by atoms with van der Waals surface area (Å²) in [7, 11) is 0. The predicted molar refractivity (Wildman–Crippen MR) is 74.6 cm³/mol. The van der Waals surface area contributed by atoms with Gasteiger partial charge in [-0.3, -0.25) is 0 Å². The third-order valence-corrected chi connectivity index (χ3v) is 4.83. The first-order valence-electron chi connectivity index (χ1n) is 5.57. The summed E-state index contributed by atoms with van der Waals surface area (Å²) in [6, 6.07) is 5.65. The Hall–Kier alpha value is -0.410. The van der Waals surface area contributed by atoms with E-state index in [0.717, 1.165) is 25.2 Å². The highest BCUT2D eigenvalue weighted by Crippen LogP contribution is 2.30. The van der Waals surface area contributed by atoms with Crippen molar-refractivity contribution in [2.24, 2.45) is 0 Å². The fourth-order valence-electron chi connectivity index (χ4n) is 1.62. The van der Waals surface area contributed by atoms with Gasteiger partial charge < -0.3 is 5.32 Å². The monoisotopic (exact) mass is 258 g/mol. The van der Waals surface area contributed by atoms with Gasteiger partial charge in [0.15, 0.2) is 0 Å². The molecule has 1 rings (SSSR count). The number of hydrogen-bond acceptors (Lipinski definition) is 3. The molecule has 16 heavy (non-hydrogen) atoms. The second-order valence-corrected chi connectivity index (χ2v) is 5.45. The lowest BCUT2D eigenvalue weighted by molar-refractivity contribution is 0.574. The molecule has 2 nitrogen and oxygen atoms in total. The van der Waals surface area contributed by atoms with E-state index in [-0.39, 0.29) is 0 Å². The largest absolute Gasteiger partial charge is 0.369 e. The number of anilines is 1. The van der Waals surface area contributed by atoms with Crippen LogP contribution in [0.1, 0.15) is 26.7 Å². The van der Waals surface area contributed by atoms with Gasteiger partial charge in [-0.05, 0) is 31.2 Å². The third-order valence-electron chi connectivity index (χ3n) is 3.03. The second-order valence-electron chi connectivity index (χ2n) is 3.79. The zero-order valence-electron chi connectivity index (χ0n) is 10.1. The summed E-state index contributed by atoms with van der Waals surface area (Å²) < 4.78 is 0.296. The Balaban J connectivity index is 2.62. The lowest BCUT2D eigenvalue weighted by atomic mass is 10.0. The maximum atomic E-state index is 5.84. The summed E-state index contributed by atoms with van der Waals surface area (Å²) in [5.74, 6) is 0.854. The maximum Gasteiger partial charge on any atom is 0.131 e.